The minimum Gasteiger partial charge on any atom is -0.342 e. The van der Waals surface area contributed by atoms with Gasteiger partial charge in [0.15, 0.2) is 0 Å². The van der Waals surface area contributed by atoms with Gasteiger partial charge in [-0.1, -0.05) is 6.58 Å². The van der Waals surface area contributed by atoms with Crippen LogP contribution in [0.25, 0.3) is 0 Å². The molecule has 0 saturated carbocycles. The van der Waals surface area contributed by atoms with Crippen LogP contribution < -0.4 is 0 Å². The molecule has 0 aliphatic rings. The highest BCUT2D eigenvalue weighted by molar-refractivity contribution is 5.86. The summed E-state index contributed by atoms with van der Waals surface area (Å²) in [4.78, 5) is 12.7. The monoisotopic (exact) mass is 179 g/mol. The van der Waals surface area contributed by atoms with Gasteiger partial charge in [-0.25, -0.2) is 0 Å². The van der Waals surface area contributed by atoms with Gasteiger partial charge in [-0.15, -0.1) is 0 Å². The van der Waals surface area contributed by atoms with Gasteiger partial charge in [0.05, 0.1) is 0 Å². The molecule has 1 N–H and O–H groups in total. The van der Waals surface area contributed by atoms with Crippen LogP contribution in [0.3, 0.4) is 0 Å². The highest BCUT2D eigenvalue weighted by Crippen LogP contribution is 1.95. The number of hydrogen-bond donors (Lipinski definition) is 1. The molecular weight excluding hydrogens is 166 g/mol. The summed E-state index contributed by atoms with van der Waals surface area (Å²) in [7, 11) is 1.75. The van der Waals surface area contributed by atoms with Crippen LogP contribution in [0.15, 0.2) is 24.9 Å². The van der Waals surface area contributed by atoms with Crippen molar-refractivity contribution in [3.8, 4) is 0 Å². The van der Waals surface area contributed by atoms with Crippen molar-refractivity contribution in [2.45, 2.75) is 6.42 Å². The Hall–Kier alpha value is -1.58. The highest BCUT2D eigenvalue weighted by atomic mass is 16.2. The predicted molar refractivity (Wildman–Crippen MR) is 50.1 cm³/mol. The number of H-pyrrole nitrogens is 1. The summed E-state index contributed by atoms with van der Waals surface area (Å²) in [5.74, 6) is -0.0560. The molecule has 0 aliphatic heterocycles. The minimum atomic E-state index is -0.0560. The maximum atomic E-state index is 11.1. The predicted octanol–water partition coefficient (Wildman–Crippen LogP) is 0.597. The molecule has 0 aliphatic carbocycles. The van der Waals surface area contributed by atoms with Gasteiger partial charge in [0.1, 0.15) is 0 Å². The summed E-state index contributed by atoms with van der Waals surface area (Å²) in [5.41, 5.74) is 1.03. The normalized spacial score (nSPS) is 9.62. The summed E-state index contributed by atoms with van der Waals surface area (Å²) in [6, 6.07) is 1.90. The third-order valence-corrected chi connectivity index (χ3v) is 1.83. The minimum absolute atomic E-state index is 0.0560. The van der Waals surface area contributed by atoms with Crippen LogP contribution in [0.4, 0.5) is 0 Å². The number of hydrogen-bond acceptors (Lipinski definition) is 2. The fourth-order valence-corrected chi connectivity index (χ4v) is 0.978. The van der Waals surface area contributed by atoms with Crippen molar-refractivity contribution in [2.75, 3.05) is 13.6 Å². The number of aromatic amines is 1. The van der Waals surface area contributed by atoms with Gasteiger partial charge in [0, 0.05) is 31.9 Å². The number of amides is 1. The second kappa shape index (κ2) is 4.45. The summed E-state index contributed by atoms with van der Waals surface area (Å²) in [5, 5.41) is 6.65. The zero-order valence-corrected chi connectivity index (χ0v) is 7.66. The number of nitrogens with one attached hydrogen (secondary N) is 1. The molecule has 0 radical (unpaired) electrons. The van der Waals surface area contributed by atoms with Crippen molar-refractivity contribution in [1.82, 2.24) is 15.1 Å². The first-order valence-corrected chi connectivity index (χ1v) is 4.10. The maximum absolute atomic E-state index is 11.1. The van der Waals surface area contributed by atoms with Crippen molar-refractivity contribution in [3.05, 3.63) is 30.6 Å². The van der Waals surface area contributed by atoms with Gasteiger partial charge in [-0.3, -0.25) is 9.89 Å². The molecule has 1 aromatic heterocycles. The van der Waals surface area contributed by atoms with Crippen LogP contribution in [-0.2, 0) is 11.2 Å². The highest BCUT2D eigenvalue weighted by Gasteiger charge is 2.03. The third-order valence-electron chi connectivity index (χ3n) is 1.83. The third kappa shape index (κ3) is 2.74. The van der Waals surface area contributed by atoms with E-state index in [2.05, 4.69) is 16.8 Å². The Balaban J connectivity index is 2.34. The Kier molecular flexibility index (Phi) is 3.25. The summed E-state index contributed by atoms with van der Waals surface area (Å²) in [6.07, 6.45) is 3.80. The summed E-state index contributed by atoms with van der Waals surface area (Å²) < 4.78 is 0. The lowest BCUT2D eigenvalue weighted by Gasteiger charge is -2.13. The van der Waals surface area contributed by atoms with Crippen LogP contribution in [0.2, 0.25) is 0 Å². The van der Waals surface area contributed by atoms with Crippen LogP contribution in [-0.4, -0.2) is 34.6 Å². The van der Waals surface area contributed by atoms with Crippen LogP contribution in [0.1, 0.15) is 5.69 Å². The van der Waals surface area contributed by atoms with Gasteiger partial charge < -0.3 is 4.90 Å². The average molecular weight is 179 g/mol. The topological polar surface area (TPSA) is 49.0 Å². The number of carbonyl (C=O) groups excluding carboxylic acids is 1. The second-order valence-corrected chi connectivity index (χ2v) is 2.80. The van der Waals surface area contributed by atoms with E-state index in [1.807, 2.05) is 6.07 Å². The Morgan fingerprint density at radius 1 is 1.85 bits per heavy atom. The first kappa shape index (κ1) is 9.51. The first-order valence-electron chi connectivity index (χ1n) is 4.10. The fraction of sp³-hybridized carbons (Fsp3) is 0.333. The van der Waals surface area contributed by atoms with E-state index in [0.29, 0.717) is 6.54 Å². The lowest BCUT2D eigenvalue weighted by atomic mass is 10.3. The molecular formula is C9H13N3O. The molecule has 0 bridgehead atoms. The standard InChI is InChI=1S/C9H13N3O/c1-3-9(13)12(2)7-5-8-4-6-10-11-8/h3-4,6H,1,5,7H2,2H3,(H,10,11). The second-order valence-electron chi connectivity index (χ2n) is 2.80. The van der Waals surface area contributed by atoms with E-state index < -0.39 is 0 Å². The molecule has 13 heavy (non-hydrogen) atoms. The fourth-order valence-electron chi connectivity index (χ4n) is 0.978. The molecule has 4 nitrogen and oxygen atoms in total. The van der Waals surface area contributed by atoms with Gasteiger partial charge >= 0.3 is 0 Å². The number of aromatic nitrogens is 2. The summed E-state index contributed by atoms with van der Waals surface area (Å²) >= 11 is 0. The molecule has 0 aromatic carbocycles. The first-order chi connectivity index (χ1) is 6.24. The molecule has 70 valence electrons. The van der Waals surface area contributed by atoms with Crippen molar-refractivity contribution in [3.63, 3.8) is 0 Å². The Morgan fingerprint density at radius 3 is 3.15 bits per heavy atom. The quantitative estimate of drug-likeness (QED) is 0.688. The number of likely N-dealkylation sites (N-methyl/N-ethyl adjacent to an activating group) is 1. The van der Waals surface area contributed by atoms with Crippen molar-refractivity contribution < 1.29 is 4.79 Å². The molecule has 0 unspecified atom stereocenters. The van der Waals surface area contributed by atoms with E-state index >= 15 is 0 Å². The molecule has 1 rings (SSSR count). The van der Waals surface area contributed by atoms with E-state index in [1.54, 1.807) is 18.1 Å². The number of rotatable bonds is 4. The van der Waals surface area contributed by atoms with Crippen LogP contribution in [0.5, 0.6) is 0 Å². The molecule has 1 aromatic rings. The number of carbonyl (C=O) groups is 1. The molecule has 4 heteroatoms. The molecule has 1 heterocycles. The van der Waals surface area contributed by atoms with E-state index in [1.165, 1.54) is 6.08 Å². The van der Waals surface area contributed by atoms with E-state index in [0.717, 1.165) is 12.1 Å². The maximum Gasteiger partial charge on any atom is 0.245 e. The van der Waals surface area contributed by atoms with E-state index in [-0.39, 0.29) is 5.91 Å². The van der Waals surface area contributed by atoms with Crippen LogP contribution in [0, 0.1) is 0 Å². The Labute approximate surface area is 77.3 Å². The van der Waals surface area contributed by atoms with Gasteiger partial charge in [0.25, 0.3) is 0 Å². The Morgan fingerprint density at radius 2 is 2.62 bits per heavy atom. The van der Waals surface area contributed by atoms with Crippen LogP contribution >= 0.6 is 0 Å². The van der Waals surface area contributed by atoms with Crippen molar-refractivity contribution >= 4 is 5.91 Å². The molecule has 0 saturated heterocycles. The lowest BCUT2D eigenvalue weighted by molar-refractivity contribution is -0.124. The van der Waals surface area contributed by atoms with E-state index in [9.17, 15) is 4.79 Å². The smallest absolute Gasteiger partial charge is 0.245 e. The summed E-state index contributed by atoms with van der Waals surface area (Å²) in [6.45, 7) is 4.09. The van der Waals surface area contributed by atoms with Gasteiger partial charge in [-0.05, 0) is 12.1 Å². The lowest BCUT2D eigenvalue weighted by Crippen LogP contribution is -2.26. The number of nitrogens with zero attached hydrogens (tertiary/aromatic N) is 2. The zero-order chi connectivity index (χ0) is 9.68. The molecule has 1 amide bonds. The zero-order valence-electron chi connectivity index (χ0n) is 7.66. The average Bonchev–Trinajstić information content (AvgIpc) is 2.65. The molecule has 0 fully saturated rings. The van der Waals surface area contributed by atoms with Gasteiger partial charge in [0.2, 0.25) is 5.91 Å². The SMILES string of the molecule is C=CC(=O)N(C)CCc1ccn[nH]1. The Bertz CT molecular complexity index is 279. The van der Waals surface area contributed by atoms with Crippen molar-refractivity contribution in [2.24, 2.45) is 0 Å². The van der Waals surface area contributed by atoms with Gasteiger partial charge in [-0.2, -0.15) is 5.10 Å². The van der Waals surface area contributed by atoms with E-state index in [4.69, 9.17) is 0 Å². The van der Waals surface area contributed by atoms with Crippen molar-refractivity contribution in [1.29, 1.82) is 0 Å². The molecule has 0 atom stereocenters. The molecule has 0 spiro atoms. The largest absolute Gasteiger partial charge is 0.342 e.